The van der Waals surface area contributed by atoms with E-state index in [-0.39, 0.29) is 17.8 Å². The Morgan fingerprint density at radius 1 is 1.35 bits per heavy atom. The minimum atomic E-state index is -0.252. The van der Waals surface area contributed by atoms with E-state index in [0.717, 1.165) is 21.9 Å². The van der Waals surface area contributed by atoms with Gasteiger partial charge in [0.1, 0.15) is 5.82 Å². The number of carbonyl (C=O) groups excluding carboxylic acids is 1. The molecule has 0 aliphatic carbocycles. The molecule has 23 heavy (non-hydrogen) atoms. The van der Waals surface area contributed by atoms with Crippen LogP contribution in [0.4, 0.5) is 4.39 Å². The highest BCUT2D eigenvalue weighted by Crippen LogP contribution is 2.33. The largest absolute Gasteiger partial charge is 0.346 e. The summed E-state index contributed by atoms with van der Waals surface area (Å²) in [7, 11) is 0. The summed E-state index contributed by atoms with van der Waals surface area (Å²) in [5.41, 5.74) is 0. The lowest BCUT2D eigenvalue weighted by Crippen LogP contribution is -2.42. The number of fused-ring (bicyclic) bond motifs is 2. The third-order valence-corrected chi connectivity index (χ3v) is 6.43. The second-order valence-corrected chi connectivity index (χ2v) is 8.31. The molecule has 1 aromatic carbocycles. The summed E-state index contributed by atoms with van der Waals surface area (Å²) in [6, 6.07) is 7.50. The van der Waals surface area contributed by atoms with Gasteiger partial charge in [-0.15, -0.1) is 11.3 Å². The molecule has 2 saturated heterocycles. The lowest BCUT2D eigenvalue weighted by molar-refractivity contribution is 0.0930. The average Bonchev–Trinajstić information content (AvgIpc) is 3.26. The molecule has 2 aromatic rings. The number of rotatable bonds is 4. The van der Waals surface area contributed by atoms with Crippen LogP contribution in [0.1, 0.15) is 29.1 Å². The van der Waals surface area contributed by atoms with E-state index >= 15 is 0 Å². The number of carbonyl (C=O) groups is 1. The minimum Gasteiger partial charge on any atom is -0.346 e. The third-order valence-electron chi connectivity index (χ3n) is 4.33. The maximum Gasteiger partial charge on any atom is 0.280 e. The Kier molecular flexibility index (Phi) is 4.09. The van der Waals surface area contributed by atoms with Gasteiger partial charge in [-0.05, 0) is 43.5 Å². The summed E-state index contributed by atoms with van der Waals surface area (Å²) in [5, 5.41) is 7.09. The van der Waals surface area contributed by atoms with Crippen LogP contribution >= 0.6 is 23.1 Å². The normalized spacial score (nSPS) is 25.7. The highest BCUT2D eigenvalue weighted by atomic mass is 32.2. The zero-order valence-corrected chi connectivity index (χ0v) is 13.9. The van der Waals surface area contributed by atoms with E-state index in [4.69, 9.17) is 0 Å². The lowest BCUT2D eigenvalue weighted by Gasteiger charge is -2.20. The summed E-state index contributed by atoms with van der Waals surface area (Å²) < 4.78 is 13.8. The smallest absolute Gasteiger partial charge is 0.280 e. The van der Waals surface area contributed by atoms with Crippen molar-refractivity contribution < 1.29 is 9.18 Å². The number of hydrogen-bond donors (Lipinski definition) is 2. The monoisotopic (exact) mass is 349 g/mol. The second kappa shape index (κ2) is 6.22. The first-order chi connectivity index (χ1) is 11.2. The van der Waals surface area contributed by atoms with Crippen molar-refractivity contribution in [3.8, 4) is 0 Å². The Morgan fingerprint density at radius 3 is 2.87 bits per heavy atom. The van der Waals surface area contributed by atoms with E-state index in [1.165, 1.54) is 41.7 Å². The van der Waals surface area contributed by atoms with Crippen LogP contribution in [-0.2, 0) is 0 Å². The molecule has 0 saturated carbocycles. The molecule has 120 valence electrons. The number of nitrogens with zero attached hydrogens (tertiary/aromatic N) is 1. The van der Waals surface area contributed by atoms with Gasteiger partial charge in [-0.3, -0.25) is 4.79 Å². The molecule has 2 aliphatic rings. The van der Waals surface area contributed by atoms with E-state index in [1.807, 2.05) is 0 Å². The van der Waals surface area contributed by atoms with Crippen LogP contribution in [0.3, 0.4) is 0 Å². The number of halogens is 1. The van der Waals surface area contributed by atoms with E-state index < -0.39 is 0 Å². The van der Waals surface area contributed by atoms with Gasteiger partial charge >= 0.3 is 0 Å². The molecule has 0 spiro atoms. The van der Waals surface area contributed by atoms with Crippen LogP contribution < -0.4 is 10.6 Å². The zero-order valence-electron chi connectivity index (χ0n) is 12.3. The SMILES string of the molecule is O=C(NC1CC2CCC1N2)c1ncc(Sc2ccc(F)cc2)s1. The summed E-state index contributed by atoms with van der Waals surface area (Å²) >= 11 is 2.86. The van der Waals surface area contributed by atoms with Crippen molar-refractivity contribution in [2.45, 2.75) is 46.5 Å². The minimum absolute atomic E-state index is 0.0969. The first kappa shape index (κ1) is 15.1. The number of thiazole rings is 1. The van der Waals surface area contributed by atoms with Crippen molar-refractivity contribution in [3.63, 3.8) is 0 Å². The highest BCUT2D eigenvalue weighted by Gasteiger charge is 2.39. The average molecular weight is 349 g/mol. The summed E-state index contributed by atoms with van der Waals surface area (Å²) in [6.07, 6.45) is 5.07. The number of nitrogens with one attached hydrogen (secondary N) is 2. The first-order valence-corrected chi connectivity index (χ1v) is 9.27. The number of aromatic nitrogens is 1. The molecule has 0 radical (unpaired) electrons. The first-order valence-electron chi connectivity index (χ1n) is 7.63. The highest BCUT2D eigenvalue weighted by molar-refractivity contribution is 8.01. The van der Waals surface area contributed by atoms with Crippen molar-refractivity contribution in [1.29, 1.82) is 0 Å². The van der Waals surface area contributed by atoms with Gasteiger partial charge in [0.05, 0.1) is 10.4 Å². The molecular weight excluding hydrogens is 333 g/mol. The van der Waals surface area contributed by atoms with E-state index in [9.17, 15) is 9.18 Å². The van der Waals surface area contributed by atoms with E-state index in [0.29, 0.717) is 17.1 Å². The summed E-state index contributed by atoms with van der Waals surface area (Å²) in [6.45, 7) is 0. The van der Waals surface area contributed by atoms with Gasteiger partial charge in [-0.2, -0.15) is 0 Å². The van der Waals surface area contributed by atoms with Gasteiger partial charge in [0.15, 0.2) is 5.01 Å². The van der Waals surface area contributed by atoms with Crippen molar-refractivity contribution in [2.24, 2.45) is 0 Å². The zero-order chi connectivity index (χ0) is 15.8. The Hall–Kier alpha value is -1.44. The van der Waals surface area contributed by atoms with Crippen LogP contribution in [0, 0.1) is 5.82 Å². The fourth-order valence-corrected chi connectivity index (χ4v) is 5.10. The molecule has 4 rings (SSSR count). The second-order valence-electron chi connectivity index (χ2n) is 5.90. The standard InChI is InChI=1S/C16H16FN3OS2/c17-9-1-4-11(5-2-9)22-14-8-18-16(23-14)15(21)20-13-7-10-3-6-12(13)19-10/h1-2,4-5,8,10,12-13,19H,3,6-7H2,(H,20,21). The summed E-state index contributed by atoms with van der Waals surface area (Å²) in [4.78, 5) is 17.5. The van der Waals surface area contributed by atoms with Crippen molar-refractivity contribution in [2.75, 3.05) is 0 Å². The quantitative estimate of drug-likeness (QED) is 0.891. The molecule has 2 aliphatic heterocycles. The van der Waals surface area contributed by atoms with Crippen LogP contribution in [-0.4, -0.2) is 29.0 Å². The van der Waals surface area contributed by atoms with Crippen LogP contribution in [0.5, 0.6) is 0 Å². The van der Waals surface area contributed by atoms with Crippen molar-refractivity contribution in [3.05, 3.63) is 41.3 Å². The molecule has 4 nitrogen and oxygen atoms in total. The van der Waals surface area contributed by atoms with Gasteiger partial charge in [-0.1, -0.05) is 11.8 Å². The van der Waals surface area contributed by atoms with Crippen molar-refractivity contribution in [1.82, 2.24) is 15.6 Å². The van der Waals surface area contributed by atoms with E-state index in [1.54, 1.807) is 18.3 Å². The number of amides is 1. The van der Waals surface area contributed by atoms with Crippen molar-refractivity contribution >= 4 is 29.0 Å². The molecule has 7 heteroatoms. The molecule has 2 fully saturated rings. The molecule has 2 N–H and O–H groups in total. The third kappa shape index (κ3) is 3.27. The fourth-order valence-electron chi connectivity index (χ4n) is 3.24. The molecule has 3 unspecified atom stereocenters. The molecular formula is C16H16FN3OS2. The predicted octanol–water partition coefficient (Wildman–Crippen LogP) is 3.06. The Morgan fingerprint density at radius 2 is 2.17 bits per heavy atom. The number of benzene rings is 1. The Labute approximate surface area is 141 Å². The van der Waals surface area contributed by atoms with E-state index in [2.05, 4.69) is 15.6 Å². The molecule has 1 aromatic heterocycles. The maximum atomic E-state index is 12.9. The van der Waals surface area contributed by atoms with Crippen LogP contribution in [0.2, 0.25) is 0 Å². The fraction of sp³-hybridized carbons (Fsp3) is 0.375. The maximum absolute atomic E-state index is 12.9. The van der Waals surface area contributed by atoms with Crippen LogP contribution in [0.25, 0.3) is 0 Å². The Balaban J connectivity index is 1.39. The molecule has 3 heterocycles. The molecule has 3 atom stereocenters. The predicted molar refractivity (Wildman–Crippen MR) is 88.5 cm³/mol. The van der Waals surface area contributed by atoms with Gasteiger partial charge in [0.2, 0.25) is 0 Å². The van der Waals surface area contributed by atoms with Gasteiger partial charge in [-0.25, -0.2) is 9.37 Å². The molecule has 1 amide bonds. The topological polar surface area (TPSA) is 54.0 Å². The lowest BCUT2D eigenvalue weighted by atomic mass is 9.95. The van der Waals surface area contributed by atoms with Gasteiger partial charge in [0, 0.05) is 23.0 Å². The van der Waals surface area contributed by atoms with Gasteiger partial charge in [0.25, 0.3) is 5.91 Å². The van der Waals surface area contributed by atoms with Crippen LogP contribution in [0.15, 0.2) is 39.6 Å². The number of hydrogen-bond acceptors (Lipinski definition) is 5. The Bertz CT molecular complexity index is 718. The summed E-state index contributed by atoms with van der Waals surface area (Å²) in [5.74, 6) is -0.349. The molecule has 2 bridgehead atoms. The van der Waals surface area contributed by atoms with Gasteiger partial charge < -0.3 is 10.6 Å².